The Labute approximate surface area is 173 Å². The molecule has 0 radical (unpaired) electrons. The molecule has 0 aliphatic rings. The van der Waals surface area contributed by atoms with Crippen molar-refractivity contribution in [3.63, 3.8) is 0 Å². The second-order valence-electron chi connectivity index (χ2n) is 6.33. The first-order valence-electron chi connectivity index (χ1n) is 8.75. The highest BCUT2D eigenvalue weighted by Gasteiger charge is 2.21. The molecule has 2 aromatic carbocycles. The molecule has 0 spiro atoms. The summed E-state index contributed by atoms with van der Waals surface area (Å²) in [6.07, 6.45) is 0. The molecule has 0 bridgehead atoms. The van der Waals surface area contributed by atoms with Gasteiger partial charge in [0.05, 0.1) is 16.3 Å². The summed E-state index contributed by atoms with van der Waals surface area (Å²) in [5.74, 6) is -0.633. The maximum absolute atomic E-state index is 13.2. The molecule has 1 N–H and O–H groups in total. The fourth-order valence-electron chi connectivity index (χ4n) is 2.86. The predicted octanol–water partition coefficient (Wildman–Crippen LogP) is 4.60. The van der Waals surface area contributed by atoms with Crippen LogP contribution in [0.1, 0.15) is 16.1 Å². The number of carbonyl (C=O) groups excluding carboxylic acids is 1. The Balaban J connectivity index is 1.65. The Bertz CT molecular complexity index is 1250. The number of benzene rings is 2. The standard InChI is InChI=1S/C20H14FN5O3S/c1-12-10-18(23-19(27)15-4-2-3-5-17(15)26(28)29)25(24-12)20-22-16(11-30-20)13-6-8-14(21)9-7-13/h2-11H,1H3,(H,23,27). The molecule has 0 aliphatic heterocycles. The maximum Gasteiger partial charge on any atom is 0.282 e. The first-order valence-corrected chi connectivity index (χ1v) is 9.63. The van der Waals surface area contributed by atoms with Gasteiger partial charge in [0.25, 0.3) is 11.6 Å². The monoisotopic (exact) mass is 423 g/mol. The molecule has 0 saturated heterocycles. The van der Waals surface area contributed by atoms with E-state index in [1.807, 2.05) is 0 Å². The van der Waals surface area contributed by atoms with Crippen LogP contribution in [0, 0.1) is 22.9 Å². The lowest BCUT2D eigenvalue weighted by Gasteiger charge is -2.07. The largest absolute Gasteiger partial charge is 0.306 e. The number of amides is 1. The number of hydrogen-bond acceptors (Lipinski definition) is 6. The molecule has 2 heterocycles. The van der Waals surface area contributed by atoms with Crippen molar-refractivity contribution in [1.82, 2.24) is 14.8 Å². The molecular formula is C20H14FN5O3S. The van der Waals surface area contributed by atoms with E-state index in [0.29, 0.717) is 22.3 Å². The molecule has 30 heavy (non-hydrogen) atoms. The summed E-state index contributed by atoms with van der Waals surface area (Å²) in [5.41, 5.74) is 1.67. The van der Waals surface area contributed by atoms with Gasteiger partial charge in [-0.3, -0.25) is 14.9 Å². The number of para-hydroxylation sites is 1. The number of aromatic nitrogens is 3. The summed E-state index contributed by atoms with van der Waals surface area (Å²) in [4.78, 5) is 27.8. The van der Waals surface area contributed by atoms with Gasteiger partial charge < -0.3 is 5.32 Å². The van der Waals surface area contributed by atoms with Gasteiger partial charge in [-0.05, 0) is 37.3 Å². The van der Waals surface area contributed by atoms with Gasteiger partial charge in [0, 0.05) is 23.1 Å². The third-order valence-electron chi connectivity index (χ3n) is 4.23. The van der Waals surface area contributed by atoms with E-state index in [0.717, 1.165) is 5.56 Å². The van der Waals surface area contributed by atoms with Gasteiger partial charge >= 0.3 is 0 Å². The van der Waals surface area contributed by atoms with Crippen molar-refractivity contribution < 1.29 is 14.1 Å². The van der Waals surface area contributed by atoms with E-state index in [1.165, 1.54) is 46.4 Å². The smallest absolute Gasteiger partial charge is 0.282 e. The average molecular weight is 423 g/mol. The summed E-state index contributed by atoms with van der Waals surface area (Å²) in [6, 6.07) is 13.3. The minimum Gasteiger partial charge on any atom is -0.306 e. The number of nitrogens with one attached hydrogen (secondary N) is 1. The summed E-state index contributed by atoms with van der Waals surface area (Å²) >= 11 is 1.30. The van der Waals surface area contributed by atoms with Crippen LogP contribution in [-0.4, -0.2) is 25.6 Å². The molecule has 0 aliphatic carbocycles. The first kappa shape index (κ1) is 19.4. The Kier molecular flexibility index (Phi) is 5.07. The predicted molar refractivity (Wildman–Crippen MR) is 110 cm³/mol. The second kappa shape index (κ2) is 7.84. The van der Waals surface area contributed by atoms with Crippen LogP contribution in [0.4, 0.5) is 15.9 Å². The van der Waals surface area contributed by atoms with Gasteiger partial charge in [-0.2, -0.15) is 9.78 Å². The summed E-state index contributed by atoms with van der Waals surface area (Å²) in [7, 11) is 0. The Morgan fingerprint density at radius 2 is 1.93 bits per heavy atom. The Morgan fingerprint density at radius 1 is 1.20 bits per heavy atom. The fraction of sp³-hybridized carbons (Fsp3) is 0.0500. The SMILES string of the molecule is Cc1cc(NC(=O)c2ccccc2[N+](=O)[O-])n(-c2nc(-c3ccc(F)cc3)cs2)n1. The van der Waals surface area contributed by atoms with Crippen molar-refractivity contribution in [2.24, 2.45) is 0 Å². The van der Waals surface area contributed by atoms with Crippen LogP contribution in [0.15, 0.2) is 60.0 Å². The molecule has 0 fully saturated rings. The van der Waals surface area contributed by atoms with Gasteiger partial charge in [-0.25, -0.2) is 9.37 Å². The third kappa shape index (κ3) is 3.80. The van der Waals surface area contributed by atoms with Crippen LogP contribution in [0.2, 0.25) is 0 Å². The van der Waals surface area contributed by atoms with Gasteiger partial charge in [0.15, 0.2) is 0 Å². The normalized spacial score (nSPS) is 10.7. The number of aryl methyl sites for hydroxylation is 1. The quantitative estimate of drug-likeness (QED) is 0.373. The van der Waals surface area contributed by atoms with Crippen molar-refractivity contribution in [3.05, 3.63) is 87.2 Å². The minimum absolute atomic E-state index is 0.0564. The number of halogens is 1. The van der Waals surface area contributed by atoms with Crippen molar-refractivity contribution in [3.8, 4) is 16.4 Å². The van der Waals surface area contributed by atoms with Gasteiger partial charge in [-0.1, -0.05) is 12.1 Å². The zero-order valence-electron chi connectivity index (χ0n) is 15.6. The highest BCUT2D eigenvalue weighted by molar-refractivity contribution is 7.12. The van der Waals surface area contributed by atoms with E-state index in [1.54, 1.807) is 36.6 Å². The van der Waals surface area contributed by atoms with Gasteiger partial charge in [-0.15, -0.1) is 11.3 Å². The number of hydrogen-bond donors (Lipinski definition) is 1. The van der Waals surface area contributed by atoms with Crippen molar-refractivity contribution in [2.75, 3.05) is 5.32 Å². The third-order valence-corrected chi connectivity index (χ3v) is 5.05. The summed E-state index contributed by atoms with van der Waals surface area (Å²) < 4.78 is 14.6. The lowest BCUT2D eigenvalue weighted by atomic mass is 10.1. The Hall–Kier alpha value is -3.92. The molecule has 0 atom stereocenters. The number of nitrogens with zero attached hydrogens (tertiary/aromatic N) is 4. The number of nitro benzene ring substituents is 1. The highest BCUT2D eigenvalue weighted by atomic mass is 32.1. The number of carbonyl (C=O) groups is 1. The molecule has 10 heteroatoms. The van der Waals surface area contributed by atoms with E-state index in [9.17, 15) is 19.3 Å². The van der Waals surface area contributed by atoms with Crippen molar-refractivity contribution in [1.29, 1.82) is 0 Å². The molecule has 8 nitrogen and oxygen atoms in total. The lowest BCUT2D eigenvalue weighted by Crippen LogP contribution is -2.16. The van der Waals surface area contributed by atoms with Crippen LogP contribution >= 0.6 is 11.3 Å². The summed E-state index contributed by atoms with van der Waals surface area (Å²) in [6.45, 7) is 1.76. The van der Waals surface area contributed by atoms with E-state index >= 15 is 0 Å². The van der Waals surface area contributed by atoms with E-state index in [2.05, 4.69) is 15.4 Å². The highest BCUT2D eigenvalue weighted by Crippen LogP contribution is 2.27. The van der Waals surface area contributed by atoms with E-state index < -0.39 is 10.8 Å². The van der Waals surface area contributed by atoms with Crippen LogP contribution < -0.4 is 5.32 Å². The molecule has 4 aromatic rings. The van der Waals surface area contributed by atoms with Crippen LogP contribution in [-0.2, 0) is 0 Å². The van der Waals surface area contributed by atoms with Crippen LogP contribution in [0.3, 0.4) is 0 Å². The maximum atomic E-state index is 13.2. The van der Waals surface area contributed by atoms with E-state index in [-0.39, 0.29) is 17.1 Å². The molecular weight excluding hydrogens is 409 g/mol. The number of rotatable bonds is 5. The fourth-order valence-corrected chi connectivity index (χ4v) is 3.65. The zero-order valence-corrected chi connectivity index (χ0v) is 16.4. The number of anilines is 1. The Morgan fingerprint density at radius 3 is 2.67 bits per heavy atom. The molecule has 0 unspecified atom stereocenters. The van der Waals surface area contributed by atoms with Gasteiger partial charge in [0.2, 0.25) is 5.13 Å². The number of nitro groups is 1. The number of thiazole rings is 1. The molecule has 0 saturated carbocycles. The molecule has 150 valence electrons. The van der Waals surface area contributed by atoms with Crippen molar-refractivity contribution >= 4 is 28.7 Å². The van der Waals surface area contributed by atoms with Crippen LogP contribution in [0.5, 0.6) is 0 Å². The molecule has 1 amide bonds. The second-order valence-corrected chi connectivity index (χ2v) is 7.17. The average Bonchev–Trinajstić information content (AvgIpc) is 3.35. The first-order chi connectivity index (χ1) is 14.4. The summed E-state index contributed by atoms with van der Waals surface area (Å²) in [5, 5.41) is 20.5. The van der Waals surface area contributed by atoms with Crippen molar-refractivity contribution in [2.45, 2.75) is 6.92 Å². The zero-order chi connectivity index (χ0) is 21.3. The minimum atomic E-state index is -0.626. The lowest BCUT2D eigenvalue weighted by molar-refractivity contribution is -0.385. The van der Waals surface area contributed by atoms with Crippen LogP contribution in [0.25, 0.3) is 16.4 Å². The molecule has 4 rings (SSSR count). The molecule has 2 aromatic heterocycles. The van der Waals surface area contributed by atoms with Gasteiger partial charge in [0.1, 0.15) is 17.2 Å². The van der Waals surface area contributed by atoms with E-state index in [4.69, 9.17) is 0 Å². The topological polar surface area (TPSA) is 103 Å².